The molecule has 0 spiro atoms. The van der Waals surface area contributed by atoms with Crippen molar-refractivity contribution in [1.82, 2.24) is 14.7 Å². The number of nitrogens with one attached hydrogen (secondary N) is 1. The Morgan fingerprint density at radius 3 is 2.77 bits per heavy atom. The molecule has 5 nitrogen and oxygen atoms in total. The Kier molecular flexibility index (Phi) is 5.18. The van der Waals surface area contributed by atoms with Crippen LogP contribution < -0.4 is 10.9 Å². The molecule has 1 saturated heterocycles. The zero-order valence-corrected chi connectivity index (χ0v) is 14.8. The van der Waals surface area contributed by atoms with E-state index in [9.17, 15) is 4.79 Å². The minimum absolute atomic E-state index is 0.0926. The molecular weight excluding hydrogens is 344 g/mol. The van der Waals surface area contributed by atoms with Crippen LogP contribution in [0.5, 0.6) is 0 Å². The second-order valence-electron chi connectivity index (χ2n) is 6.57. The van der Waals surface area contributed by atoms with Crippen LogP contribution >= 0.6 is 15.9 Å². The lowest BCUT2D eigenvalue weighted by molar-refractivity contribution is 0.124. The molecule has 122 valence electrons. The van der Waals surface area contributed by atoms with Crippen LogP contribution in [0.3, 0.4) is 0 Å². The third-order valence-corrected chi connectivity index (χ3v) is 5.75. The SMILES string of the molecule is Cn1ncc(NC2CCCN(C3CCCCC3)C2)c(Br)c1=O. The van der Waals surface area contributed by atoms with Crippen LogP contribution in [0.4, 0.5) is 5.69 Å². The number of rotatable bonds is 3. The van der Waals surface area contributed by atoms with Crippen LogP contribution in [0.25, 0.3) is 0 Å². The van der Waals surface area contributed by atoms with Gasteiger partial charge in [0.15, 0.2) is 0 Å². The van der Waals surface area contributed by atoms with Crippen molar-refractivity contribution < 1.29 is 0 Å². The highest BCUT2D eigenvalue weighted by Gasteiger charge is 2.27. The van der Waals surface area contributed by atoms with Gasteiger partial charge < -0.3 is 5.32 Å². The number of anilines is 1. The van der Waals surface area contributed by atoms with Gasteiger partial charge in [0, 0.05) is 25.7 Å². The standard InChI is InChI=1S/C16H25BrN4O/c1-20-16(22)15(17)14(10-18-20)19-12-6-5-9-21(11-12)13-7-3-2-4-8-13/h10,12-13,19H,2-9,11H2,1H3. The minimum atomic E-state index is -0.0926. The second-order valence-corrected chi connectivity index (χ2v) is 7.36. The lowest BCUT2D eigenvalue weighted by atomic mass is 9.92. The van der Waals surface area contributed by atoms with Crippen LogP contribution in [0.2, 0.25) is 0 Å². The third kappa shape index (κ3) is 3.54. The fraction of sp³-hybridized carbons (Fsp3) is 0.750. The van der Waals surface area contributed by atoms with Gasteiger partial charge >= 0.3 is 0 Å². The maximum atomic E-state index is 11.9. The monoisotopic (exact) mass is 368 g/mol. The van der Waals surface area contributed by atoms with Crippen molar-refractivity contribution in [3.05, 3.63) is 21.0 Å². The molecule has 1 atom stereocenters. The van der Waals surface area contributed by atoms with Gasteiger partial charge in [0.25, 0.3) is 5.56 Å². The summed E-state index contributed by atoms with van der Waals surface area (Å²) in [6.45, 7) is 2.30. The van der Waals surface area contributed by atoms with Crippen LogP contribution in [0, 0.1) is 0 Å². The molecule has 2 fully saturated rings. The van der Waals surface area contributed by atoms with E-state index in [0.717, 1.165) is 24.7 Å². The molecule has 1 unspecified atom stereocenters. The molecule has 0 radical (unpaired) electrons. The lowest BCUT2D eigenvalue weighted by Gasteiger charge is -2.40. The van der Waals surface area contributed by atoms with Crippen molar-refractivity contribution in [2.75, 3.05) is 18.4 Å². The van der Waals surface area contributed by atoms with E-state index in [2.05, 4.69) is 31.2 Å². The van der Waals surface area contributed by atoms with E-state index >= 15 is 0 Å². The van der Waals surface area contributed by atoms with E-state index < -0.39 is 0 Å². The van der Waals surface area contributed by atoms with Gasteiger partial charge in [0.2, 0.25) is 0 Å². The van der Waals surface area contributed by atoms with E-state index in [1.54, 1.807) is 13.2 Å². The van der Waals surface area contributed by atoms with Crippen molar-refractivity contribution in [2.45, 2.75) is 57.0 Å². The summed E-state index contributed by atoms with van der Waals surface area (Å²) < 4.78 is 1.93. The van der Waals surface area contributed by atoms with Crippen molar-refractivity contribution in [2.24, 2.45) is 7.05 Å². The maximum absolute atomic E-state index is 11.9. The number of halogens is 1. The molecule has 6 heteroatoms. The fourth-order valence-corrected chi connectivity index (χ4v) is 4.21. The summed E-state index contributed by atoms with van der Waals surface area (Å²) in [5.74, 6) is 0. The number of nitrogens with zero attached hydrogens (tertiary/aromatic N) is 3. The molecule has 0 aromatic carbocycles. The second kappa shape index (κ2) is 7.13. The van der Waals surface area contributed by atoms with E-state index in [0.29, 0.717) is 10.5 Å². The molecule has 1 aliphatic heterocycles. The van der Waals surface area contributed by atoms with E-state index in [-0.39, 0.29) is 5.56 Å². The Labute approximate surface area is 140 Å². The Bertz CT molecular complexity index is 568. The molecule has 1 aromatic heterocycles. The molecule has 1 saturated carbocycles. The summed E-state index contributed by atoms with van der Waals surface area (Å²) in [6.07, 6.45) is 11.0. The number of aryl methyl sites for hydroxylation is 1. The summed E-state index contributed by atoms with van der Waals surface area (Å²) in [4.78, 5) is 14.6. The van der Waals surface area contributed by atoms with Gasteiger partial charge in [-0.05, 0) is 48.2 Å². The molecule has 22 heavy (non-hydrogen) atoms. The molecule has 2 heterocycles. The van der Waals surface area contributed by atoms with Gasteiger partial charge in [-0.25, -0.2) is 4.68 Å². The average Bonchev–Trinajstić information content (AvgIpc) is 2.57. The molecule has 3 rings (SSSR count). The van der Waals surface area contributed by atoms with Crippen LogP contribution in [-0.2, 0) is 7.05 Å². The summed E-state index contributed by atoms with van der Waals surface area (Å²) >= 11 is 3.40. The fourth-order valence-electron chi connectivity index (χ4n) is 3.73. The van der Waals surface area contributed by atoms with Crippen LogP contribution in [0.1, 0.15) is 44.9 Å². The van der Waals surface area contributed by atoms with Gasteiger partial charge in [0.05, 0.1) is 11.9 Å². The summed E-state index contributed by atoms with van der Waals surface area (Å²) in [6, 6.07) is 1.17. The first-order valence-electron chi connectivity index (χ1n) is 8.37. The molecule has 1 aliphatic carbocycles. The topological polar surface area (TPSA) is 50.2 Å². The number of aromatic nitrogens is 2. The van der Waals surface area contributed by atoms with Crippen molar-refractivity contribution in [3.63, 3.8) is 0 Å². The van der Waals surface area contributed by atoms with E-state index in [4.69, 9.17) is 0 Å². The zero-order chi connectivity index (χ0) is 15.5. The largest absolute Gasteiger partial charge is 0.379 e. The summed E-state index contributed by atoms with van der Waals surface area (Å²) in [5.41, 5.74) is 0.726. The minimum Gasteiger partial charge on any atom is -0.379 e. The van der Waals surface area contributed by atoms with Crippen molar-refractivity contribution in [1.29, 1.82) is 0 Å². The highest BCUT2D eigenvalue weighted by atomic mass is 79.9. The molecule has 1 N–H and O–H groups in total. The number of hydrogen-bond donors (Lipinski definition) is 1. The molecule has 1 aromatic rings. The normalized spacial score (nSPS) is 24.4. The molecule has 0 bridgehead atoms. The first-order chi connectivity index (χ1) is 10.6. The van der Waals surface area contributed by atoms with Crippen molar-refractivity contribution in [3.8, 4) is 0 Å². The zero-order valence-electron chi connectivity index (χ0n) is 13.2. The van der Waals surface area contributed by atoms with Gasteiger partial charge in [-0.15, -0.1) is 0 Å². The van der Waals surface area contributed by atoms with Gasteiger partial charge in [-0.3, -0.25) is 9.69 Å². The summed E-state index contributed by atoms with van der Waals surface area (Å²) in [7, 11) is 1.67. The Hall–Kier alpha value is -0.880. The maximum Gasteiger partial charge on any atom is 0.282 e. The predicted octanol–water partition coefficient (Wildman–Crippen LogP) is 2.75. The number of hydrogen-bond acceptors (Lipinski definition) is 4. The smallest absolute Gasteiger partial charge is 0.282 e. The van der Waals surface area contributed by atoms with Crippen molar-refractivity contribution >= 4 is 21.6 Å². The van der Waals surface area contributed by atoms with Gasteiger partial charge in [-0.1, -0.05) is 19.3 Å². The third-order valence-electron chi connectivity index (χ3n) is 4.98. The lowest BCUT2D eigenvalue weighted by Crippen LogP contribution is -2.47. The number of piperidine rings is 1. The van der Waals surface area contributed by atoms with Gasteiger partial charge in [0.1, 0.15) is 4.47 Å². The molecular formula is C16H25BrN4O. The first-order valence-corrected chi connectivity index (χ1v) is 9.17. The Morgan fingerprint density at radius 1 is 1.23 bits per heavy atom. The highest BCUT2D eigenvalue weighted by molar-refractivity contribution is 9.10. The summed E-state index contributed by atoms with van der Waals surface area (Å²) in [5, 5.41) is 7.63. The molecule has 2 aliphatic rings. The van der Waals surface area contributed by atoms with Crippen LogP contribution in [-0.4, -0.2) is 39.9 Å². The first kappa shape index (κ1) is 16.0. The van der Waals surface area contributed by atoms with E-state index in [1.807, 2.05) is 0 Å². The van der Waals surface area contributed by atoms with E-state index in [1.165, 1.54) is 49.8 Å². The highest BCUT2D eigenvalue weighted by Crippen LogP contribution is 2.27. The Morgan fingerprint density at radius 2 is 2.00 bits per heavy atom. The van der Waals surface area contributed by atoms with Gasteiger partial charge in [-0.2, -0.15) is 5.10 Å². The molecule has 0 amide bonds. The predicted molar refractivity (Wildman–Crippen MR) is 92.3 cm³/mol. The average molecular weight is 369 g/mol. The quantitative estimate of drug-likeness (QED) is 0.890. The Balaban J connectivity index is 1.65. The number of likely N-dealkylation sites (tertiary alicyclic amines) is 1. The van der Waals surface area contributed by atoms with Crippen LogP contribution in [0.15, 0.2) is 15.5 Å².